The lowest BCUT2D eigenvalue weighted by atomic mass is 10.1. The van der Waals surface area contributed by atoms with Crippen molar-refractivity contribution in [2.45, 2.75) is 32.9 Å². The minimum absolute atomic E-state index is 0.0773. The Bertz CT molecular complexity index is 528. The minimum atomic E-state index is 0.0773. The summed E-state index contributed by atoms with van der Waals surface area (Å²) in [5, 5.41) is 3.99. The SMILES string of the molecule is CC(C)(C)NCc1cnc(-c2ncccc2Cl)[nH]1. The Morgan fingerprint density at radius 1 is 1.33 bits per heavy atom. The van der Waals surface area contributed by atoms with Crippen molar-refractivity contribution in [2.24, 2.45) is 0 Å². The highest BCUT2D eigenvalue weighted by Gasteiger charge is 2.11. The molecule has 18 heavy (non-hydrogen) atoms. The number of imidazole rings is 1. The maximum atomic E-state index is 6.08. The first-order valence-electron chi connectivity index (χ1n) is 5.85. The standard InChI is InChI=1S/C13H17ClN4/c1-13(2,3)17-8-9-7-16-12(18-9)11-10(14)5-4-6-15-11/h4-7,17H,8H2,1-3H3,(H,16,18). The molecule has 0 aromatic carbocycles. The first-order valence-corrected chi connectivity index (χ1v) is 6.23. The van der Waals surface area contributed by atoms with Crippen molar-refractivity contribution in [1.82, 2.24) is 20.3 Å². The van der Waals surface area contributed by atoms with Crippen LogP contribution in [0, 0.1) is 0 Å². The highest BCUT2D eigenvalue weighted by atomic mass is 35.5. The lowest BCUT2D eigenvalue weighted by molar-refractivity contribution is 0.422. The van der Waals surface area contributed by atoms with Gasteiger partial charge in [0.25, 0.3) is 0 Å². The maximum absolute atomic E-state index is 6.08. The van der Waals surface area contributed by atoms with Crippen LogP contribution in [0.5, 0.6) is 0 Å². The number of pyridine rings is 1. The summed E-state index contributed by atoms with van der Waals surface area (Å²) in [5.41, 5.74) is 1.77. The molecule has 2 rings (SSSR count). The fourth-order valence-corrected chi connectivity index (χ4v) is 1.70. The van der Waals surface area contributed by atoms with Gasteiger partial charge in [0, 0.05) is 24.0 Å². The minimum Gasteiger partial charge on any atom is -0.339 e. The largest absolute Gasteiger partial charge is 0.339 e. The average Bonchev–Trinajstić information content (AvgIpc) is 2.75. The second kappa shape index (κ2) is 5.08. The Balaban J connectivity index is 2.14. The lowest BCUT2D eigenvalue weighted by Gasteiger charge is -2.19. The van der Waals surface area contributed by atoms with Gasteiger partial charge in [-0.1, -0.05) is 11.6 Å². The predicted octanol–water partition coefficient (Wildman–Crippen LogP) is 3.01. The number of hydrogen-bond acceptors (Lipinski definition) is 3. The summed E-state index contributed by atoms with van der Waals surface area (Å²) in [4.78, 5) is 11.8. The van der Waals surface area contributed by atoms with Crippen LogP contribution in [0.3, 0.4) is 0 Å². The molecule has 0 radical (unpaired) electrons. The first-order chi connectivity index (χ1) is 8.46. The molecule has 0 atom stereocenters. The van der Waals surface area contributed by atoms with Gasteiger partial charge in [0.05, 0.1) is 11.2 Å². The fraction of sp³-hybridized carbons (Fsp3) is 0.385. The van der Waals surface area contributed by atoms with Crippen molar-refractivity contribution in [2.75, 3.05) is 0 Å². The van der Waals surface area contributed by atoms with Crippen LogP contribution in [0.25, 0.3) is 11.5 Å². The van der Waals surface area contributed by atoms with Crippen molar-refractivity contribution >= 4 is 11.6 Å². The van der Waals surface area contributed by atoms with E-state index < -0.39 is 0 Å². The van der Waals surface area contributed by atoms with Crippen LogP contribution in [-0.4, -0.2) is 20.5 Å². The number of aromatic nitrogens is 3. The van der Waals surface area contributed by atoms with Gasteiger partial charge in [0.15, 0.2) is 5.82 Å². The highest BCUT2D eigenvalue weighted by molar-refractivity contribution is 6.32. The van der Waals surface area contributed by atoms with E-state index in [1.807, 2.05) is 0 Å². The number of H-pyrrole nitrogens is 1. The number of halogens is 1. The monoisotopic (exact) mass is 264 g/mol. The summed E-state index contributed by atoms with van der Waals surface area (Å²) in [6, 6.07) is 3.61. The molecule has 0 amide bonds. The Labute approximate surface area is 112 Å². The third-order valence-electron chi connectivity index (χ3n) is 2.42. The van der Waals surface area contributed by atoms with Crippen LogP contribution < -0.4 is 5.32 Å². The van der Waals surface area contributed by atoms with Gasteiger partial charge in [0.1, 0.15) is 5.69 Å². The molecule has 4 nitrogen and oxygen atoms in total. The van der Waals surface area contributed by atoms with Gasteiger partial charge >= 0.3 is 0 Å². The van der Waals surface area contributed by atoms with Crippen molar-refractivity contribution < 1.29 is 0 Å². The normalized spacial score (nSPS) is 11.8. The molecule has 2 N–H and O–H groups in total. The van der Waals surface area contributed by atoms with E-state index in [1.54, 1.807) is 24.5 Å². The molecule has 2 aromatic rings. The molecule has 0 unspecified atom stereocenters. The molecule has 96 valence electrons. The molecule has 0 saturated heterocycles. The second-order valence-electron chi connectivity index (χ2n) is 5.19. The molecular weight excluding hydrogens is 248 g/mol. The third-order valence-corrected chi connectivity index (χ3v) is 2.73. The zero-order chi connectivity index (χ0) is 13.2. The molecule has 0 bridgehead atoms. The molecule has 0 spiro atoms. The quantitative estimate of drug-likeness (QED) is 0.896. The summed E-state index contributed by atoms with van der Waals surface area (Å²) >= 11 is 6.08. The second-order valence-corrected chi connectivity index (χ2v) is 5.60. The van der Waals surface area contributed by atoms with Crippen molar-refractivity contribution in [3.8, 4) is 11.5 Å². The summed E-state index contributed by atoms with van der Waals surface area (Å²) in [5.74, 6) is 0.700. The van der Waals surface area contributed by atoms with E-state index in [0.29, 0.717) is 16.5 Å². The van der Waals surface area contributed by atoms with E-state index in [9.17, 15) is 0 Å². The first kappa shape index (κ1) is 13.1. The van der Waals surface area contributed by atoms with Crippen molar-refractivity contribution in [3.63, 3.8) is 0 Å². The van der Waals surface area contributed by atoms with Gasteiger partial charge in [-0.3, -0.25) is 4.98 Å². The molecule has 0 aliphatic carbocycles. The van der Waals surface area contributed by atoms with Crippen LogP contribution in [0.2, 0.25) is 5.02 Å². The van der Waals surface area contributed by atoms with Crippen molar-refractivity contribution in [3.05, 3.63) is 35.2 Å². The third kappa shape index (κ3) is 3.31. The summed E-state index contributed by atoms with van der Waals surface area (Å²) in [6.07, 6.45) is 3.51. The van der Waals surface area contributed by atoms with Crippen LogP contribution in [-0.2, 0) is 6.54 Å². The van der Waals surface area contributed by atoms with E-state index in [-0.39, 0.29) is 5.54 Å². The molecule has 2 aromatic heterocycles. The molecular formula is C13H17ClN4. The molecule has 0 aliphatic rings. The van der Waals surface area contributed by atoms with Gasteiger partial charge in [-0.15, -0.1) is 0 Å². The summed E-state index contributed by atoms with van der Waals surface area (Å²) < 4.78 is 0. The van der Waals surface area contributed by atoms with Gasteiger partial charge in [-0.25, -0.2) is 4.98 Å². The molecule has 0 fully saturated rings. The fourth-order valence-electron chi connectivity index (χ4n) is 1.49. The van der Waals surface area contributed by atoms with Crippen LogP contribution in [0.1, 0.15) is 26.5 Å². The topological polar surface area (TPSA) is 53.6 Å². The van der Waals surface area contributed by atoms with Crippen LogP contribution in [0.4, 0.5) is 0 Å². The zero-order valence-electron chi connectivity index (χ0n) is 10.8. The number of rotatable bonds is 3. The average molecular weight is 265 g/mol. The van der Waals surface area contributed by atoms with E-state index in [1.165, 1.54) is 0 Å². The predicted molar refractivity (Wildman–Crippen MR) is 73.4 cm³/mol. The van der Waals surface area contributed by atoms with E-state index in [0.717, 1.165) is 12.2 Å². The summed E-state index contributed by atoms with van der Waals surface area (Å²) in [7, 11) is 0. The number of aromatic amines is 1. The van der Waals surface area contributed by atoms with Gasteiger partial charge < -0.3 is 10.3 Å². The van der Waals surface area contributed by atoms with Crippen LogP contribution in [0.15, 0.2) is 24.5 Å². The Morgan fingerprint density at radius 2 is 2.11 bits per heavy atom. The number of nitrogens with zero attached hydrogens (tertiary/aromatic N) is 2. The lowest BCUT2D eigenvalue weighted by Crippen LogP contribution is -2.35. The van der Waals surface area contributed by atoms with E-state index >= 15 is 0 Å². The smallest absolute Gasteiger partial charge is 0.157 e. The van der Waals surface area contributed by atoms with Gasteiger partial charge in [0.2, 0.25) is 0 Å². The highest BCUT2D eigenvalue weighted by Crippen LogP contribution is 2.22. The molecule has 0 saturated carbocycles. The Hall–Kier alpha value is -1.39. The van der Waals surface area contributed by atoms with Gasteiger partial charge in [-0.2, -0.15) is 0 Å². The Morgan fingerprint density at radius 3 is 2.78 bits per heavy atom. The molecule has 5 heteroatoms. The van der Waals surface area contributed by atoms with E-state index in [2.05, 4.69) is 41.0 Å². The molecule has 2 heterocycles. The summed E-state index contributed by atoms with van der Waals surface area (Å²) in [6.45, 7) is 7.11. The zero-order valence-corrected chi connectivity index (χ0v) is 11.5. The molecule has 0 aliphatic heterocycles. The maximum Gasteiger partial charge on any atom is 0.157 e. The van der Waals surface area contributed by atoms with Crippen LogP contribution >= 0.6 is 11.6 Å². The number of nitrogens with one attached hydrogen (secondary N) is 2. The Kier molecular flexibility index (Phi) is 3.68. The van der Waals surface area contributed by atoms with Gasteiger partial charge in [-0.05, 0) is 32.9 Å². The number of hydrogen-bond donors (Lipinski definition) is 2. The van der Waals surface area contributed by atoms with E-state index in [4.69, 9.17) is 11.6 Å². The van der Waals surface area contributed by atoms with Crippen molar-refractivity contribution in [1.29, 1.82) is 0 Å².